The van der Waals surface area contributed by atoms with Gasteiger partial charge in [-0.15, -0.1) is 0 Å². The number of sulfonamides is 1. The molecule has 2 aromatic carbocycles. The second-order valence-electron chi connectivity index (χ2n) is 6.87. The van der Waals surface area contributed by atoms with Gasteiger partial charge in [-0.05, 0) is 37.1 Å². The molecule has 7 nitrogen and oxygen atoms in total. The van der Waals surface area contributed by atoms with Crippen molar-refractivity contribution in [2.45, 2.75) is 12.8 Å². The molecule has 0 spiro atoms. The molecule has 2 aromatic rings. The van der Waals surface area contributed by atoms with Crippen molar-refractivity contribution in [3.63, 3.8) is 0 Å². The van der Waals surface area contributed by atoms with Crippen LogP contribution in [0.15, 0.2) is 54.6 Å². The number of Topliss-reactive ketones (excluding diaryl/α,β-unsaturated/α-hetero) is 1. The lowest BCUT2D eigenvalue weighted by Crippen LogP contribution is -2.42. The van der Waals surface area contributed by atoms with Crippen molar-refractivity contribution in [3.8, 4) is 0 Å². The minimum Gasteiger partial charge on any atom is -0.324 e. The molecular formula is C20H23N3O4S. The fourth-order valence-corrected chi connectivity index (χ4v) is 3.79. The summed E-state index contributed by atoms with van der Waals surface area (Å²) in [6.07, 6.45) is 2.35. The van der Waals surface area contributed by atoms with E-state index in [9.17, 15) is 18.0 Å². The zero-order valence-corrected chi connectivity index (χ0v) is 16.4. The highest BCUT2D eigenvalue weighted by molar-refractivity contribution is 7.92. The third-order valence-electron chi connectivity index (χ3n) is 4.65. The SMILES string of the molecule is CS(=O)(=O)Nc1ccc(NC(=O)N2CCC(C(=O)c3ccccc3)CC2)cc1. The summed E-state index contributed by atoms with van der Waals surface area (Å²) in [5.41, 5.74) is 1.72. The minimum atomic E-state index is -3.34. The lowest BCUT2D eigenvalue weighted by molar-refractivity contribution is 0.0859. The van der Waals surface area contributed by atoms with E-state index in [1.807, 2.05) is 30.3 Å². The van der Waals surface area contributed by atoms with Crippen LogP contribution in [0, 0.1) is 5.92 Å². The Hall–Kier alpha value is -2.87. The molecule has 0 bridgehead atoms. The van der Waals surface area contributed by atoms with E-state index in [0.717, 1.165) is 6.26 Å². The third kappa shape index (κ3) is 5.32. The van der Waals surface area contributed by atoms with Crippen LogP contribution in [0.25, 0.3) is 0 Å². The van der Waals surface area contributed by atoms with Crippen molar-refractivity contribution in [1.29, 1.82) is 0 Å². The van der Waals surface area contributed by atoms with Gasteiger partial charge in [-0.2, -0.15) is 0 Å². The number of carbonyl (C=O) groups is 2. The number of likely N-dealkylation sites (tertiary alicyclic amines) is 1. The van der Waals surface area contributed by atoms with E-state index in [1.165, 1.54) is 0 Å². The Morgan fingerprint density at radius 2 is 1.50 bits per heavy atom. The van der Waals surface area contributed by atoms with Crippen molar-refractivity contribution in [3.05, 3.63) is 60.2 Å². The largest absolute Gasteiger partial charge is 0.324 e. The molecule has 28 heavy (non-hydrogen) atoms. The lowest BCUT2D eigenvalue weighted by Gasteiger charge is -2.31. The maximum atomic E-state index is 12.5. The van der Waals surface area contributed by atoms with Gasteiger partial charge in [-0.25, -0.2) is 13.2 Å². The average Bonchev–Trinajstić information content (AvgIpc) is 2.68. The topological polar surface area (TPSA) is 95.6 Å². The highest BCUT2D eigenvalue weighted by Crippen LogP contribution is 2.23. The summed E-state index contributed by atoms with van der Waals surface area (Å²) in [4.78, 5) is 26.7. The Kier molecular flexibility index (Phi) is 5.99. The van der Waals surface area contributed by atoms with Crippen LogP contribution < -0.4 is 10.0 Å². The second kappa shape index (κ2) is 8.43. The Morgan fingerprint density at radius 3 is 2.07 bits per heavy atom. The molecule has 0 aromatic heterocycles. The van der Waals surface area contributed by atoms with E-state index in [4.69, 9.17) is 0 Å². The average molecular weight is 401 g/mol. The van der Waals surface area contributed by atoms with Crippen LogP contribution in [0.1, 0.15) is 23.2 Å². The number of hydrogen-bond acceptors (Lipinski definition) is 4. The van der Waals surface area contributed by atoms with Gasteiger partial charge in [-0.3, -0.25) is 9.52 Å². The maximum Gasteiger partial charge on any atom is 0.321 e. The molecule has 8 heteroatoms. The summed E-state index contributed by atoms with van der Waals surface area (Å²) in [5, 5.41) is 2.80. The number of hydrogen-bond donors (Lipinski definition) is 2. The first-order valence-electron chi connectivity index (χ1n) is 9.05. The minimum absolute atomic E-state index is 0.0622. The summed E-state index contributed by atoms with van der Waals surface area (Å²) in [6, 6.07) is 15.5. The van der Waals surface area contributed by atoms with Gasteiger partial charge in [0, 0.05) is 35.9 Å². The number of urea groups is 1. The number of rotatable bonds is 5. The summed E-state index contributed by atoms with van der Waals surface area (Å²) in [7, 11) is -3.34. The van der Waals surface area contributed by atoms with Crippen LogP contribution in [0.4, 0.5) is 16.2 Å². The molecule has 1 saturated heterocycles. The summed E-state index contributed by atoms with van der Waals surface area (Å²) in [6.45, 7) is 1.03. The molecule has 2 amide bonds. The van der Waals surface area contributed by atoms with Gasteiger partial charge in [0.2, 0.25) is 10.0 Å². The Morgan fingerprint density at radius 1 is 0.929 bits per heavy atom. The fourth-order valence-electron chi connectivity index (χ4n) is 3.22. The first kappa shape index (κ1) is 19.9. The van der Waals surface area contributed by atoms with Crippen molar-refractivity contribution in [2.75, 3.05) is 29.4 Å². The van der Waals surface area contributed by atoms with Crippen LogP contribution in [-0.2, 0) is 10.0 Å². The Bertz CT molecular complexity index is 935. The molecular weight excluding hydrogens is 378 g/mol. The van der Waals surface area contributed by atoms with Crippen LogP contribution in [-0.4, -0.2) is 44.5 Å². The molecule has 0 unspecified atom stereocenters. The predicted molar refractivity (Wildman–Crippen MR) is 109 cm³/mol. The molecule has 2 N–H and O–H groups in total. The number of anilines is 2. The van der Waals surface area contributed by atoms with Crippen molar-refractivity contribution in [2.24, 2.45) is 5.92 Å². The Balaban J connectivity index is 1.52. The predicted octanol–water partition coefficient (Wildman–Crippen LogP) is 3.18. The number of amides is 2. The molecule has 0 radical (unpaired) electrons. The van der Waals surface area contributed by atoms with Gasteiger partial charge in [0.05, 0.1) is 6.26 Å². The van der Waals surface area contributed by atoms with E-state index in [-0.39, 0.29) is 17.7 Å². The molecule has 3 rings (SSSR count). The molecule has 1 heterocycles. The zero-order chi connectivity index (χ0) is 20.1. The second-order valence-corrected chi connectivity index (χ2v) is 8.62. The number of piperidine rings is 1. The molecule has 0 aliphatic carbocycles. The molecule has 0 atom stereocenters. The van der Waals surface area contributed by atoms with Gasteiger partial charge in [-0.1, -0.05) is 30.3 Å². The van der Waals surface area contributed by atoms with E-state index in [1.54, 1.807) is 29.2 Å². The van der Waals surface area contributed by atoms with Crippen LogP contribution in [0.3, 0.4) is 0 Å². The number of ketones is 1. The third-order valence-corrected chi connectivity index (χ3v) is 5.26. The van der Waals surface area contributed by atoms with Gasteiger partial charge >= 0.3 is 6.03 Å². The molecule has 1 fully saturated rings. The fraction of sp³-hybridized carbons (Fsp3) is 0.300. The van der Waals surface area contributed by atoms with Crippen molar-refractivity contribution < 1.29 is 18.0 Å². The number of carbonyl (C=O) groups excluding carboxylic acids is 2. The highest BCUT2D eigenvalue weighted by Gasteiger charge is 2.27. The number of nitrogens with zero attached hydrogens (tertiary/aromatic N) is 1. The normalized spacial score (nSPS) is 15.1. The van der Waals surface area contributed by atoms with Crippen molar-refractivity contribution in [1.82, 2.24) is 4.90 Å². The van der Waals surface area contributed by atoms with Gasteiger partial charge in [0.15, 0.2) is 5.78 Å². The summed E-state index contributed by atoms with van der Waals surface area (Å²) >= 11 is 0. The number of nitrogens with one attached hydrogen (secondary N) is 2. The molecule has 148 valence electrons. The van der Waals surface area contributed by atoms with Gasteiger partial charge in [0.25, 0.3) is 0 Å². The lowest BCUT2D eigenvalue weighted by atomic mass is 9.89. The first-order valence-corrected chi connectivity index (χ1v) is 10.9. The molecule has 0 saturated carbocycles. The van der Waals surface area contributed by atoms with E-state index in [0.29, 0.717) is 42.9 Å². The first-order chi connectivity index (χ1) is 13.3. The monoisotopic (exact) mass is 401 g/mol. The van der Waals surface area contributed by atoms with E-state index >= 15 is 0 Å². The van der Waals surface area contributed by atoms with E-state index < -0.39 is 10.0 Å². The molecule has 1 aliphatic heterocycles. The van der Waals surface area contributed by atoms with Crippen molar-refractivity contribution >= 4 is 33.2 Å². The quantitative estimate of drug-likeness (QED) is 0.752. The van der Waals surface area contributed by atoms with Gasteiger partial charge in [0.1, 0.15) is 0 Å². The van der Waals surface area contributed by atoms with Gasteiger partial charge < -0.3 is 10.2 Å². The smallest absolute Gasteiger partial charge is 0.321 e. The van der Waals surface area contributed by atoms with Crippen LogP contribution >= 0.6 is 0 Å². The van der Waals surface area contributed by atoms with E-state index in [2.05, 4.69) is 10.0 Å². The molecule has 1 aliphatic rings. The summed E-state index contributed by atoms with van der Waals surface area (Å²) in [5.74, 6) is 0.0717. The van der Waals surface area contributed by atoms with Crippen LogP contribution in [0.5, 0.6) is 0 Å². The standard InChI is InChI=1S/C20H23N3O4S/c1-28(26,27)22-18-9-7-17(8-10-18)21-20(25)23-13-11-16(12-14-23)19(24)15-5-3-2-4-6-15/h2-10,16,22H,11-14H2,1H3,(H,21,25). The highest BCUT2D eigenvalue weighted by atomic mass is 32.2. The Labute approximate surface area is 164 Å². The number of benzene rings is 2. The maximum absolute atomic E-state index is 12.5. The zero-order valence-electron chi connectivity index (χ0n) is 15.6. The van der Waals surface area contributed by atoms with Crippen LogP contribution in [0.2, 0.25) is 0 Å². The summed E-state index contributed by atoms with van der Waals surface area (Å²) < 4.78 is 24.8.